The molecule has 1 aromatic carbocycles. The zero-order valence-electron chi connectivity index (χ0n) is 41.8. The van der Waals surface area contributed by atoms with Gasteiger partial charge in [0, 0.05) is 78.6 Å². The molecule has 384 valence electrons. The number of hydrogen-bond donors (Lipinski definition) is 4. The van der Waals surface area contributed by atoms with E-state index in [-0.39, 0.29) is 34.8 Å². The Morgan fingerprint density at radius 3 is 2.04 bits per heavy atom. The predicted molar refractivity (Wildman–Crippen MR) is 279 cm³/mol. The third-order valence-corrected chi connectivity index (χ3v) is 13.4. The second kappa shape index (κ2) is 27.3. The van der Waals surface area contributed by atoms with Gasteiger partial charge in [-0.3, -0.25) is 34.0 Å². The number of anilines is 5. The Morgan fingerprint density at radius 2 is 1.44 bits per heavy atom. The van der Waals surface area contributed by atoms with Gasteiger partial charge in [-0.1, -0.05) is 12.8 Å². The maximum atomic E-state index is 13.6. The average Bonchev–Trinajstić information content (AvgIpc) is 4.01. The zero-order valence-corrected chi connectivity index (χ0v) is 42.6. The third-order valence-electron chi connectivity index (χ3n) is 12.5. The van der Waals surface area contributed by atoms with E-state index in [0.29, 0.717) is 130 Å². The first-order valence-electron chi connectivity index (χ1n) is 24.6. The molecule has 5 aromatic rings. The van der Waals surface area contributed by atoms with Crippen LogP contribution in [0, 0.1) is 20.8 Å². The number of thiazole rings is 1. The van der Waals surface area contributed by atoms with E-state index in [0.717, 1.165) is 73.7 Å². The minimum absolute atomic E-state index is 0.00145. The van der Waals surface area contributed by atoms with Crippen molar-refractivity contribution in [3.63, 3.8) is 0 Å². The van der Waals surface area contributed by atoms with E-state index in [1.165, 1.54) is 18.3 Å². The van der Waals surface area contributed by atoms with Gasteiger partial charge in [0.25, 0.3) is 11.5 Å². The highest BCUT2D eigenvalue weighted by atomic mass is 32.1. The van der Waals surface area contributed by atoms with E-state index in [4.69, 9.17) is 36.5 Å². The van der Waals surface area contributed by atoms with Gasteiger partial charge in [0.2, 0.25) is 11.9 Å². The molecule has 0 bridgehead atoms. The number of ketones is 1. The van der Waals surface area contributed by atoms with E-state index in [1.807, 2.05) is 38.1 Å². The van der Waals surface area contributed by atoms with Gasteiger partial charge < -0.3 is 44.5 Å². The molecule has 1 aliphatic carbocycles. The molecule has 2 aliphatic rings. The van der Waals surface area contributed by atoms with Crippen molar-refractivity contribution in [1.29, 1.82) is 0 Å². The molecule has 1 aliphatic heterocycles. The highest BCUT2D eigenvalue weighted by molar-refractivity contribution is 7.16. The Hall–Kier alpha value is -5.88. The van der Waals surface area contributed by atoms with E-state index < -0.39 is 0 Å². The minimum atomic E-state index is -0.284. The van der Waals surface area contributed by atoms with Crippen LogP contribution in [0.15, 0.2) is 47.5 Å². The van der Waals surface area contributed by atoms with Crippen LogP contribution in [0.2, 0.25) is 0 Å². The van der Waals surface area contributed by atoms with Gasteiger partial charge in [-0.25, -0.2) is 15.0 Å². The maximum Gasteiger partial charge on any atom is 0.263 e. The average molecular weight is 1010 g/mol. The van der Waals surface area contributed by atoms with Gasteiger partial charge >= 0.3 is 0 Å². The van der Waals surface area contributed by atoms with Crippen molar-refractivity contribution in [2.45, 2.75) is 59.4 Å². The first kappa shape index (κ1) is 53.9. The monoisotopic (exact) mass is 1010 g/mol. The Balaban J connectivity index is 0.660. The third kappa shape index (κ3) is 15.3. The zero-order chi connectivity index (χ0) is 50.8. The van der Waals surface area contributed by atoms with Crippen LogP contribution in [0.5, 0.6) is 0 Å². The fourth-order valence-corrected chi connectivity index (χ4v) is 9.39. The number of amides is 2. The van der Waals surface area contributed by atoms with E-state index in [9.17, 15) is 19.2 Å². The van der Waals surface area contributed by atoms with Crippen molar-refractivity contribution in [1.82, 2.24) is 34.7 Å². The number of rotatable bonds is 28. The van der Waals surface area contributed by atoms with Crippen LogP contribution in [0.25, 0.3) is 11.0 Å². The predicted octanol–water partition coefficient (Wildman–Crippen LogP) is 4.11. The first-order valence-corrected chi connectivity index (χ1v) is 25.4. The number of aromatic nitrogens is 5. The molecule has 2 radical (unpaired) electrons. The number of Topliss-reactive ketones (excluding diaryl/α,β-unsaturated/α-hetero) is 1. The normalized spacial score (nSPS) is 14.2. The Kier molecular flexibility index (Phi) is 20.4. The summed E-state index contributed by atoms with van der Waals surface area (Å²) in [5.41, 5.74) is 4.76. The molecule has 1 saturated carbocycles. The molecule has 2 fully saturated rings. The number of pyridine rings is 2. The molecule has 1 saturated heterocycles. The summed E-state index contributed by atoms with van der Waals surface area (Å²) in [6.07, 6.45) is 7.29. The number of carbonyl (C=O) groups excluding carboxylic acids is 3. The molecule has 22 heteroatoms. The van der Waals surface area contributed by atoms with Crippen molar-refractivity contribution in [3.8, 4) is 0 Å². The lowest BCUT2D eigenvalue weighted by molar-refractivity contribution is -0.122. The van der Waals surface area contributed by atoms with E-state index in [2.05, 4.69) is 46.0 Å². The molecular formula is C50H66BN11O9S. The van der Waals surface area contributed by atoms with Crippen LogP contribution in [0.1, 0.15) is 75.4 Å². The van der Waals surface area contributed by atoms with Gasteiger partial charge in [-0.2, -0.15) is 4.98 Å². The summed E-state index contributed by atoms with van der Waals surface area (Å²) in [6, 6.07) is 9.43. The summed E-state index contributed by atoms with van der Waals surface area (Å²) in [5.74, 6) is 0.375. The number of piperazine rings is 1. The highest BCUT2D eigenvalue weighted by Gasteiger charge is 2.26. The fourth-order valence-electron chi connectivity index (χ4n) is 8.66. The van der Waals surface area contributed by atoms with Crippen molar-refractivity contribution in [3.05, 3.63) is 80.2 Å². The Bertz CT molecular complexity index is 2640. The molecule has 4 aromatic heterocycles. The second-order valence-electron chi connectivity index (χ2n) is 17.7. The molecule has 2 amide bonds. The topological polar surface area (TPSA) is 226 Å². The fraction of sp³-hybridized carbons (Fsp3) is 0.520. The van der Waals surface area contributed by atoms with Crippen LogP contribution in [0.4, 0.5) is 28.3 Å². The summed E-state index contributed by atoms with van der Waals surface area (Å²) in [7, 11) is 5.79. The van der Waals surface area contributed by atoms with Crippen LogP contribution < -0.4 is 37.3 Å². The quantitative estimate of drug-likeness (QED) is 0.0314. The standard InChI is InChI=1S/C50H66BN11O9S/c1-33-29-37(9-11-40(33)47(65)59-50-57-45(51)36(4)72-50)52-13-19-67-21-23-69-25-27-71-28-26-70-24-22-68-20-14-53-43(64)32-60-15-17-61(18-16-60)39-10-12-42(54-30-39)56-49-55-31-41-34(2)44(35(3)63)48(66)62(46(41)58-49)38-7-5-6-8-38/h9-12,29-31,38,52H,5-8,13-28,32H2,1-4H3,(H,53,64)(H,57,59,65)(H,54,55,56,58). The van der Waals surface area contributed by atoms with Crippen LogP contribution in [-0.2, 0) is 28.5 Å². The maximum absolute atomic E-state index is 13.6. The Morgan fingerprint density at radius 1 is 0.792 bits per heavy atom. The first-order chi connectivity index (χ1) is 34.9. The van der Waals surface area contributed by atoms with Gasteiger partial charge in [-0.05, 0) is 82.0 Å². The number of aryl methyl sites for hydroxylation is 3. The van der Waals surface area contributed by atoms with E-state index >= 15 is 0 Å². The molecule has 20 nitrogen and oxygen atoms in total. The second-order valence-corrected chi connectivity index (χ2v) is 18.9. The summed E-state index contributed by atoms with van der Waals surface area (Å²) < 4.78 is 29.7. The number of ether oxygens (including phenoxy) is 5. The van der Waals surface area contributed by atoms with Crippen molar-refractivity contribution in [2.24, 2.45) is 0 Å². The van der Waals surface area contributed by atoms with Gasteiger partial charge in [0.05, 0.1) is 90.1 Å². The number of hydrogen-bond acceptors (Lipinski definition) is 18. The number of benzene rings is 1. The Labute approximate surface area is 425 Å². The molecular weight excluding hydrogens is 941 g/mol. The lowest BCUT2D eigenvalue weighted by Gasteiger charge is -2.35. The van der Waals surface area contributed by atoms with Crippen LogP contribution in [-0.4, -0.2) is 167 Å². The van der Waals surface area contributed by atoms with Crippen molar-refractivity contribution in [2.75, 3.05) is 133 Å². The van der Waals surface area contributed by atoms with Gasteiger partial charge in [0.15, 0.2) is 10.9 Å². The van der Waals surface area contributed by atoms with E-state index in [1.54, 1.807) is 30.0 Å². The molecule has 0 spiro atoms. The van der Waals surface area contributed by atoms with Crippen molar-refractivity contribution >= 4 is 81.7 Å². The summed E-state index contributed by atoms with van der Waals surface area (Å²) in [4.78, 5) is 74.6. The molecule has 72 heavy (non-hydrogen) atoms. The molecule has 4 N–H and O–H groups in total. The lowest BCUT2D eigenvalue weighted by Crippen LogP contribution is -2.49. The SMILES string of the molecule is [B]c1nc(NC(=O)c2ccc(NCCOCCOCCOCCOCCOCCNC(=O)CN3CCN(c4ccc(Nc5ncc6c(C)c(C(C)=O)c(=O)n(C7CCCC7)c6n5)nc4)CC3)cc2C)sc1C. The number of nitrogens with zero attached hydrogens (tertiary/aromatic N) is 7. The smallest absolute Gasteiger partial charge is 0.263 e. The minimum Gasteiger partial charge on any atom is -0.383 e. The molecule has 0 unspecified atom stereocenters. The highest BCUT2D eigenvalue weighted by Crippen LogP contribution is 2.32. The van der Waals surface area contributed by atoms with Crippen LogP contribution in [0.3, 0.4) is 0 Å². The summed E-state index contributed by atoms with van der Waals surface area (Å²) in [5, 5.41) is 13.4. The number of nitrogens with one attached hydrogen (secondary N) is 4. The lowest BCUT2D eigenvalue weighted by atomic mass is 10.0. The van der Waals surface area contributed by atoms with Crippen LogP contribution >= 0.6 is 11.3 Å². The van der Waals surface area contributed by atoms with Crippen molar-refractivity contribution < 1.29 is 38.1 Å². The number of carbonyl (C=O) groups is 3. The molecule has 0 atom stereocenters. The molecule has 7 rings (SSSR count). The molecule has 5 heterocycles. The largest absolute Gasteiger partial charge is 0.383 e. The summed E-state index contributed by atoms with van der Waals surface area (Å²) >= 11 is 1.35. The van der Waals surface area contributed by atoms with Gasteiger partial charge in [-0.15, -0.1) is 11.3 Å². The number of fused-ring (bicyclic) bond motifs is 1. The van der Waals surface area contributed by atoms with Gasteiger partial charge in [0.1, 0.15) is 19.3 Å². The summed E-state index contributed by atoms with van der Waals surface area (Å²) in [6.45, 7) is 15.8.